The fourth-order valence-corrected chi connectivity index (χ4v) is 6.46. The fraction of sp³-hybridized carbons (Fsp3) is 0.500. The topological polar surface area (TPSA) is 104 Å². The molecule has 3 rings (SSSR count). The Morgan fingerprint density at radius 2 is 2.18 bits per heavy atom. The van der Waals surface area contributed by atoms with Gasteiger partial charge in [0.1, 0.15) is 0 Å². The van der Waals surface area contributed by atoms with Gasteiger partial charge in [0.15, 0.2) is 10.0 Å². The number of rotatable bonds is 14. The van der Waals surface area contributed by atoms with Gasteiger partial charge in [-0.2, -0.15) is 0 Å². The summed E-state index contributed by atoms with van der Waals surface area (Å²) in [5.41, 5.74) is 1.27. The molecule has 10 heteroatoms. The van der Waals surface area contributed by atoms with Gasteiger partial charge in [0.05, 0.1) is 17.2 Å². The molecular formula is C24H31N3O4S3. The molecular weight excluding hydrogens is 490 g/mol. The second-order valence-electron chi connectivity index (χ2n) is 8.12. The molecule has 2 aromatic rings. The minimum Gasteiger partial charge on any atom is -0.476 e. The third kappa shape index (κ3) is 8.41. The molecule has 0 saturated carbocycles. The average molecular weight is 522 g/mol. The summed E-state index contributed by atoms with van der Waals surface area (Å²) in [6, 6.07) is 4.04. The van der Waals surface area contributed by atoms with Crippen molar-refractivity contribution < 1.29 is 19.8 Å². The molecule has 0 radical (unpaired) electrons. The van der Waals surface area contributed by atoms with E-state index in [0.29, 0.717) is 23.1 Å². The van der Waals surface area contributed by atoms with Crippen LogP contribution >= 0.6 is 34.9 Å². The number of pyridine rings is 1. The zero-order valence-electron chi connectivity index (χ0n) is 19.3. The van der Waals surface area contributed by atoms with Gasteiger partial charge < -0.3 is 15.1 Å². The number of carbonyl (C=O) groups is 2. The summed E-state index contributed by atoms with van der Waals surface area (Å²) in [6.07, 6.45) is 10.2. The van der Waals surface area contributed by atoms with Crippen molar-refractivity contribution in [1.82, 2.24) is 14.9 Å². The maximum Gasteiger partial charge on any atom is 0.355 e. The number of aromatic nitrogens is 2. The minimum absolute atomic E-state index is 0.00615. The van der Waals surface area contributed by atoms with Crippen molar-refractivity contribution in [3.8, 4) is 0 Å². The molecule has 0 bridgehead atoms. The molecule has 3 heterocycles. The van der Waals surface area contributed by atoms with Gasteiger partial charge in [-0.15, -0.1) is 23.1 Å². The smallest absolute Gasteiger partial charge is 0.355 e. The first-order chi connectivity index (χ1) is 16.4. The van der Waals surface area contributed by atoms with E-state index in [1.54, 1.807) is 11.8 Å². The molecule has 0 unspecified atom stereocenters. The Kier molecular flexibility index (Phi) is 10.9. The van der Waals surface area contributed by atoms with E-state index in [1.807, 2.05) is 29.3 Å². The lowest BCUT2D eigenvalue weighted by Gasteiger charge is -2.22. The highest BCUT2D eigenvalue weighted by Gasteiger charge is 2.28. The van der Waals surface area contributed by atoms with Crippen molar-refractivity contribution >= 4 is 46.7 Å². The summed E-state index contributed by atoms with van der Waals surface area (Å²) in [5.74, 6) is 0.775. The Hall–Kier alpha value is -1.88. The normalized spacial score (nSPS) is 17.1. The third-order valence-corrected chi connectivity index (χ3v) is 8.73. The molecule has 2 aromatic heterocycles. The number of carbonyl (C=O) groups excluding carboxylic acids is 1. The van der Waals surface area contributed by atoms with Gasteiger partial charge in [-0.05, 0) is 43.6 Å². The lowest BCUT2D eigenvalue weighted by molar-refractivity contribution is -0.128. The van der Waals surface area contributed by atoms with Crippen molar-refractivity contribution in [2.24, 2.45) is 0 Å². The largest absolute Gasteiger partial charge is 0.476 e. The molecule has 34 heavy (non-hydrogen) atoms. The van der Waals surface area contributed by atoms with Crippen LogP contribution in [0.15, 0.2) is 45.2 Å². The van der Waals surface area contributed by atoms with Gasteiger partial charge in [0.25, 0.3) is 0 Å². The second kappa shape index (κ2) is 13.9. The number of carboxylic acids is 1. The number of carboxylic acid groups (broad SMARTS) is 1. The Morgan fingerprint density at radius 1 is 1.32 bits per heavy atom. The molecule has 1 saturated heterocycles. The van der Waals surface area contributed by atoms with Crippen LogP contribution in [0.4, 0.5) is 0 Å². The monoisotopic (exact) mass is 521 g/mol. The molecule has 1 amide bonds. The summed E-state index contributed by atoms with van der Waals surface area (Å²) < 4.78 is 0.695. The Morgan fingerprint density at radius 3 is 2.94 bits per heavy atom. The zero-order valence-corrected chi connectivity index (χ0v) is 21.7. The van der Waals surface area contributed by atoms with Crippen LogP contribution in [0.1, 0.15) is 54.6 Å². The highest BCUT2D eigenvalue weighted by atomic mass is 32.2. The van der Waals surface area contributed by atoms with Crippen LogP contribution in [0.25, 0.3) is 0 Å². The van der Waals surface area contributed by atoms with Crippen molar-refractivity contribution in [2.45, 2.75) is 67.0 Å². The van der Waals surface area contributed by atoms with Gasteiger partial charge in [0.2, 0.25) is 5.91 Å². The zero-order chi connectivity index (χ0) is 24.3. The van der Waals surface area contributed by atoms with E-state index in [9.17, 15) is 14.7 Å². The first-order valence-corrected chi connectivity index (χ1v) is 14.3. The number of likely N-dealkylation sites (tertiary alicyclic amines) is 1. The van der Waals surface area contributed by atoms with E-state index < -0.39 is 12.1 Å². The summed E-state index contributed by atoms with van der Waals surface area (Å²) in [5, 5.41) is 21.9. The number of aromatic carboxylic acids is 1. The molecule has 2 N–H and O–H groups in total. The third-order valence-electron chi connectivity index (χ3n) is 5.53. The van der Waals surface area contributed by atoms with Crippen molar-refractivity contribution in [2.75, 3.05) is 18.1 Å². The van der Waals surface area contributed by atoms with Crippen LogP contribution in [-0.2, 0) is 4.79 Å². The second-order valence-corrected chi connectivity index (χ2v) is 11.4. The number of nitrogens with zero attached hydrogens (tertiary/aromatic N) is 3. The van der Waals surface area contributed by atoms with Gasteiger partial charge in [-0.25, -0.2) is 14.8 Å². The minimum atomic E-state index is -1.03. The predicted molar refractivity (Wildman–Crippen MR) is 138 cm³/mol. The summed E-state index contributed by atoms with van der Waals surface area (Å²) in [7, 11) is 0. The fourth-order valence-electron chi connectivity index (χ4n) is 3.68. The van der Waals surface area contributed by atoms with E-state index >= 15 is 0 Å². The molecule has 7 nitrogen and oxygen atoms in total. The number of amides is 1. The van der Waals surface area contributed by atoms with Crippen LogP contribution in [0.2, 0.25) is 0 Å². The molecule has 0 aromatic carbocycles. The van der Waals surface area contributed by atoms with E-state index in [4.69, 9.17) is 5.11 Å². The number of aliphatic hydroxyl groups is 1. The maximum absolute atomic E-state index is 12.3. The number of aliphatic hydroxyl groups excluding tert-OH is 1. The number of thiazole rings is 1. The number of thioether (sulfide) groups is 2. The van der Waals surface area contributed by atoms with Crippen LogP contribution in [-0.4, -0.2) is 67.2 Å². The standard InChI is InChI=1S/C24H31N3O4S3/c1-17-6-5-12-25-22(17)32-14-4-2-3-7-19(28)10-8-18-9-11-21(29)27(18)13-15-33-24-26-20(16-34-24)23(30)31/h5-6,8,10,12,16,18-19,28H,2-4,7,9,11,13-15H2,1H3,(H,30,31)/b10-8+/t18-,19-/m0/s1. The van der Waals surface area contributed by atoms with Crippen LogP contribution in [0, 0.1) is 6.92 Å². The molecule has 0 spiro atoms. The van der Waals surface area contributed by atoms with Gasteiger partial charge >= 0.3 is 5.97 Å². The van der Waals surface area contributed by atoms with Crippen LogP contribution < -0.4 is 0 Å². The molecule has 184 valence electrons. The number of hydrogen-bond donors (Lipinski definition) is 2. The predicted octanol–water partition coefficient (Wildman–Crippen LogP) is 4.90. The summed E-state index contributed by atoms with van der Waals surface area (Å²) in [6.45, 7) is 2.65. The highest BCUT2D eigenvalue weighted by molar-refractivity contribution is 8.01. The maximum atomic E-state index is 12.3. The van der Waals surface area contributed by atoms with Crippen LogP contribution in [0.3, 0.4) is 0 Å². The van der Waals surface area contributed by atoms with Gasteiger partial charge in [-0.3, -0.25) is 4.79 Å². The van der Waals surface area contributed by atoms with E-state index in [1.165, 1.54) is 34.0 Å². The Labute approximate surface area is 213 Å². The lowest BCUT2D eigenvalue weighted by atomic mass is 10.1. The molecule has 0 aliphatic carbocycles. The average Bonchev–Trinajstić information content (AvgIpc) is 3.43. The Balaban J connectivity index is 1.32. The van der Waals surface area contributed by atoms with E-state index in [2.05, 4.69) is 23.0 Å². The van der Waals surface area contributed by atoms with Crippen molar-refractivity contribution in [3.63, 3.8) is 0 Å². The number of aryl methyl sites for hydroxylation is 1. The quantitative estimate of drug-likeness (QED) is 0.206. The summed E-state index contributed by atoms with van der Waals surface area (Å²) >= 11 is 4.55. The number of unbranched alkanes of at least 4 members (excludes halogenated alkanes) is 2. The molecule has 1 aliphatic heterocycles. The van der Waals surface area contributed by atoms with E-state index in [-0.39, 0.29) is 17.6 Å². The first-order valence-electron chi connectivity index (χ1n) is 11.5. The van der Waals surface area contributed by atoms with Crippen molar-refractivity contribution in [3.05, 3.63) is 47.1 Å². The molecule has 1 fully saturated rings. The van der Waals surface area contributed by atoms with Crippen LogP contribution in [0.5, 0.6) is 0 Å². The lowest BCUT2D eigenvalue weighted by Crippen LogP contribution is -2.33. The number of hydrogen-bond acceptors (Lipinski definition) is 8. The summed E-state index contributed by atoms with van der Waals surface area (Å²) in [4.78, 5) is 33.5. The first kappa shape index (κ1) is 26.7. The molecule has 2 atom stereocenters. The SMILES string of the molecule is Cc1cccnc1SCCCCC[C@H](O)/C=C/[C@H]1CCC(=O)N1CCSc1nc(C(=O)O)cs1. The molecule has 1 aliphatic rings. The Bertz CT molecular complexity index is 982. The highest BCUT2D eigenvalue weighted by Crippen LogP contribution is 2.26. The van der Waals surface area contributed by atoms with Crippen molar-refractivity contribution in [1.29, 1.82) is 0 Å². The van der Waals surface area contributed by atoms with Gasteiger partial charge in [-0.1, -0.05) is 42.8 Å². The van der Waals surface area contributed by atoms with E-state index in [0.717, 1.165) is 42.9 Å². The van der Waals surface area contributed by atoms with Gasteiger partial charge in [0, 0.05) is 30.3 Å².